The topological polar surface area (TPSA) is 237 Å². The van der Waals surface area contributed by atoms with Gasteiger partial charge in [0, 0.05) is 25.7 Å². The molecule has 0 aromatic carbocycles. The fourth-order valence-corrected chi connectivity index (χ4v) is 12.3. The molecule has 19 heteroatoms. The van der Waals surface area contributed by atoms with Crippen LogP contribution in [0.4, 0.5) is 0 Å². The fourth-order valence-electron chi connectivity index (χ4n) is 10.7. The van der Waals surface area contributed by atoms with Crippen LogP contribution in [0, 0.1) is 11.8 Å². The first kappa shape index (κ1) is 90.5. The molecule has 0 bridgehead atoms. The highest BCUT2D eigenvalue weighted by atomic mass is 31.2. The maximum atomic E-state index is 13.1. The smallest absolute Gasteiger partial charge is 0.462 e. The Kier molecular flexibility index (Phi) is 63.7. The lowest BCUT2D eigenvalue weighted by molar-refractivity contribution is -0.161. The predicted octanol–water partition coefficient (Wildman–Crippen LogP) is 21.1. The zero-order chi connectivity index (χ0) is 68.6. The van der Waals surface area contributed by atoms with Gasteiger partial charge in [0.25, 0.3) is 0 Å². The summed E-state index contributed by atoms with van der Waals surface area (Å²) in [5.41, 5.74) is 0. The number of ether oxygens (including phenoxy) is 4. The van der Waals surface area contributed by atoms with Crippen LogP contribution in [0.25, 0.3) is 0 Å². The number of hydrogen-bond acceptors (Lipinski definition) is 15. The quantitative estimate of drug-likeness (QED) is 0.0169. The second-order valence-electron chi connectivity index (χ2n) is 26.7. The molecule has 3 N–H and O–H groups in total. The number of phosphoric acid groups is 2. The molecular weight excluding hydrogens is 1220 g/mol. The monoisotopic (exact) mass is 1360 g/mol. The molecule has 548 valence electrons. The summed E-state index contributed by atoms with van der Waals surface area (Å²) in [6.45, 7) is 9.51. The van der Waals surface area contributed by atoms with E-state index in [-0.39, 0.29) is 25.7 Å². The number of hydrogen-bond donors (Lipinski definition) is 3. The van der Waals surface area contributed by atoms with E-state index in [0.29, 0.717) is 25.7 Å². The Bertz CT molecular complexity index is 1900. The second kappa shape index (κ2) is 65.5. The number of esters is 4. The number of carbonyl (C=O) groups is 4. The van der Waals surface area contributed by atoms with Gasteiger partial charge in [-0.15, -0.1) is 0 Å². The van der Waals surface area contributed by atoms with Crippen LogP contribution >= 0.6 is 15.6 Å². The number of phosphoric ester groups is 2. The molecule has 0 aliphatic heterocycles. The largest absolute Gasteiger partial charge is 0.472 e. The maximum absolute atomic E-state index is 13.1. The van der Waals surface area contributed by atoms with Gasteiger partial charge in [-0.1, -0.05) is 303 Å². The molecule has 0 saturated heterocycles. The van der Waals surface area contributed by atoms with Crippen LogP contribution in [0.3, 0.4) is 0 Å². The minimum absolute atomic E-state index is 0.0848. The molecule has 0 rings (SSSR count). The van der Waals surface area contributed by atoms with Crippen LogP contribution < -0.4 is 0 Å². The van der Waals surface area contributed by atoms with E-state index >= 15 is 0 Å². The van der Waals surface area contributed by atoms with E-state index < -0.39 is 97.5 Å². The minimum atomic E-state index is -4.96. The Morgan fingerprint density at radius 2 is 0.634 bits per heavy atom. The Morgan fingerprint density at radius 3 is 0.968 bits per heavy atom. The molecule has 0 fully saturated rings. The molecule has 3 unspecified atom stereocenters. The molecule has 0 aromatic heterocycles. The van der Waals surface area contributed by atoms with Crippen LogP contribution in [0.1, 0.15) is 356 Å². The first-order chi connectivity index (χ1) is 44.9. The van der Waals surface area contributed by atoms with Crippen LogP contribution in [0.5, 0.6) is 0 Å². The summed E-state index contributed by atoms with van der Waals surface area (Å²) < 4.78 is 68.4. The van der Waals surface area contributed by atoms with Gasteiger partial charge in [0.2, 0.25) is 0 Å². The van der Waals surface area contributed by atoms with Crippen LogP contribution in [0.15, 0.2) is 24.3 Å². The Hall–Kier alpha value is -2.46. The van der Waals surface area contributed by atoms with Crippen molar-refractivity contribution in [3.63, 3.8) is 0 Å². The van der Waals surface area contributed by atoms with E-state index in [1.54, 1.807) is 0 Å². The lowest BCUT2D eigenvalue weighted by Crippen LogP contribution is -2.30. The molecule has 0 heterocycles. The normalized spacial score (nSPS) is 14.5. The molecule has 17 nitrogen and oxygen atoms in total. The number of rotatable bonds is 71. The van der Waals surface area contributed by atoms with E-state index in [1.165, 1.54) is 161 Å². The number of aliphatic hydroxyl groups is 1. The van der Waals surface area contributed by atoms with Gasteiger partial charge >= 0.3 is 39.5 Å². The van der Waals surface area contributed by atoms with E-state index in [0.717, 1.165) is 115 Å². The molecule has 93 heavy (non-hydrogen) atoms. The summed E-state index contributed by atoms with van der Waals surface area (Å²) in [6.07, 6.45) is 54.7. The third kappa shape index (κ3) is 66.6. The van der Waals surface area contributed by atoms with Crippen molar-refractivity contribution >= 4 is 39.5 Å². The standard InChI is InChI=1S/C74H140O17P2/c1-7-10-12-14-16-18-20-22-23-24-28-33-40-46-52-58-73(78)90-69(62-84-72(77)57-51-45-39-32-29-25-26-30-36-42-48-54-66(4)5)64-88-92(80,81)86-60-68(75)61-87-93(82,83)89-65-70(91-74(79)59-53-47-41-35-34-37-43-49-55-67(6)9-3)63-85-71(76)56-50-44-38-31-27-21-19-17-15-13-11-8-2/h18,20,22-23,66-70,75H,7-17,19,21,24-65H2,1-6H3,(H,80,81)(H,82,83)/b20-18-,23-22-/t67?,68-,69-,70-/m1/s1. The molecule has 0 radical (unpaired) electrons. The van der Waals surface area contributed by atoms with Crippen molar-refractivity contribution in [2.75, 3.05) is 39.6 Å². The summed E-state index contributed by atoms with van der Waals surface area (Å²) in [5, 5.41) is 10.6. The van der Waals surface area contributed by atoms with E-state index in [2.05, 4.69) is 65.8 Å². The van der Waals surface area contributed by atoms with Gasteiger partial charge in [-0.3, -0.25) is 37.3 Å². The highest BCUT2D eigenvalue weighted by molar-refractivity contribution is 7.47. The molecular formula is C74H140O17P2. The lowest BCUT2D eigenvalue weighted by atomic mass is 9.99. The third-order valence-corrected chi connectivity index (χ3v) is 18.8. The van der Waals surface area contributed by atoms with Gasteiger partial charge in [-0.05, 0) is 63.2 Å². The summed E-state index contributed by atoms with van der Waals surface area (Å²) in [5.74, 6) is -0.613. The minimum Gasteiger partial charge on any atom is -0.462 e. The number of allylic oxidation sites excluding steroid dienone is 4. The summed E-state index contributed by atoms with van der Waals surface area (Å²) in [7, 11) is -9.92. The lowest BCUT2D eigenvalue weighted by Gasteiger charge is -2.21. The average molecular weight is 1360 g/mol. The van der Waals surface area contributed by atoms with Gasteiger partial charge < -0.3 is 33.8 Å². The summed E-state index contributed by atoms with van der Waals surface area (Å²) in [6, 6.07) is 0. The van der Waals surface area contributed by atoms with Crippen molar-refractivity contribution in [1.82, 2.24) is 0 Å². The Balaban J connectivity index is 5.30. The molecule has 0 aliphatic rings. The Morgan fingerprint density at radius 1 is 0.355 bits per heavy atom. The Labute approximate surface area is 567 Å². The van der Waals surface area contributed by atoms with Crippen molar-refractivity contribution in [3.8, 4) is 0 Å². The number of aliphatic hydroxyl groups excluding tert-OH is 1. The molecule has 0 saturated carbocycles. The van der Waals surface area contributed by atoms with E-state index in [9.17, 15) is 43.2 Å². The van der Waals surface area contributed by atoms with Gasteiger partial charge in [-0.2, -0.15) is 0 Å². The van der Waals surface area contributed by atoms with Gasteiger partial charge in [0.1, 0.15) is 19.3 Å². The van der Waals surface area contributed by atoms with Gasteiger partial charge in [0.15, 0.2) is 12.2 Å². The maximum Gasteiger partial charge on any atom is 0.472 e. The van der Waals surface area contributed by atoms with Crippen LogP contribution in [-0.4, -0.2) is 96.7 Å². The van der Waals surface area contributed by atoms with Gasteiger partial charge in [-0.25, -0.2) is 9.13 Å². The number of carbonyl (C=O) groups excluding carboxylic acids is 4. The average Bonchev–Trinajstić information content (AvgIpc) is 3.36. The van der Waals surface area contributed by atoms with Gasteiger partial charge in [0.05, 0.1) is 26.4 Å². The SMILES string of the molecule is CCCCCC/C=C\C=C/CCCCCCCC(=O)O[C@H](COC(=O)CCCCCCCCCCCCCC(C)C)COP(=O)(O)OC[C@@H](O)COP(=O)(O)OC[C@@H](COC(=O)CCCCCCCCCCCCCC)OC(=O)CCCCCCCCCCC(C)CC. The van der Waals surface area contributed by atoms with Crippen LogP contribution in [0.2, 0.25) is 0 Å². The summed E-state index contributed by atoms with van der Waals surface area (Å²) >= 11 is 0. The molecule has 6 atom stereocenters. The molecule has 0 aliphatic carbocycles. The molecule has 0 amide bonds. The molecule has 0 spiro atoms. The first-order valence-corrected chi connectivity index (χ1v) is 40.8. The zero-order valence-corrected chi connectivity index (χ0v) is 61.8. The van der Waals surface area contributed by atoms with Crippen molar-refractivity contribution in [3.05, 3.63) is 24.3 Å². The highest BCUT2D eigenvalue weighted by Crippen LogP contribution is 2.45. The van der Waals surface area contributed by atoms with Crippen molar-refractivity contribution < 1.29 is 80.2 Å². The van der Waals surface area contributed by atoms with Crippen LogP contribution in [-0.2, 0) is 65.4 Å². The third-order valence-electron chi connectivity index (χ3n) is 16.9. The highest BCUT2D eigenvalue weighted by Gasteiger charge is 2.30. The van der Waals surface area contributed by atoms with E-state index in [4.69, 9.17) is 37.0 Å². The second-order valence-corrected chi connectivity index (χ2v) is 29.6. The number of unbranched alkanes of at least 4 members (excludes halogenated alkanes) is 37. The van der Waals surface area contributed by atoms with E-state index in [1.807, 2.05) is 0 Å². The fraction of sp³-hybridized carbons (Fsp3) is 0.892. The van der Waals surface area contributed by atoms with Crippen molar-refractivity contribution in [1.29, 1.82) is 0 Å². The molecule has 0 aromatic rings. The predicted molar refractivity (Wildman–Crippen MR) is 377 cm³/mol. The zero-order valence-electron chi connectivity index (χ0n) is 60.0. The van der Waals surface area contributed by atoms with Crippen molar-refractivity contribution in [2.24, 2.45) is 11.8 Å². The summed E-state index contributed by atoms with van der Waals surface area (Å²) in [4.78, 5) is 72.7. The first-order valence-electron chi connectivity index (χ1n) is 37.8. The van der Waals surface area contributed by atoms with Crippen molar-refractivity contribution in [2.45, 2.75) is 374 Å².